The van der Waals surface area contributed by atoms with Crippen LogP contribution >= 0.6 is 11.8 Å². The number of carbonyl (C=O) groups is 2. The van der Waals surface area contributed by atoms with Crippen LogP contribution in [0.15, 0.2) is 108 Å². The average Bonchev–Trinajstić information content (AvgIpc) is 2.93. The maximum Gasteiger partial charge on any atom is 0.242 e. The van der Waals surface area contributed by atoms with Crippen molar-refractivity contribution >= 4 is 35.0 Å². The van der Waals surface area contributed by atoms with Gasteiger partial charge in [-0.15, -0.1) is 11.8 Å². The van der Waals surface area contributed by atoms with E-state index in [2.05, 4.69) is 10.6 Å². The Balaban J connectivity index is 1.48. The van der Waals surface area contributed by atoms with Crippen molar-refractivity contribution in [3.8, 4) is 11.5 Å². The second-order valence-corrected chi connectivity index (χ2v) is 9.38. The zero-order valence-corrected chi connectivity index (χ0v) is 21.5. The van der Waals surface area contributed by atoms with Crippen LogP contribution in [0.3, 0.4) is 0 Å². The number of benzene rings is 4. The highest BCUT2D eigenvalue weighted by atomic mass is 32.2. The number of hydrogen-bond acceptors (Lipinski definition) is 5. The molecule has 7 heteroatoms. The maximum atomic E-state index is 13.5. The molecule has 0 aliphatic rings. The molecule has 4 aromatic carbocycles. The summed E-state index contributed by atoms with van der Waals surface area (Å²) in [5, 5.41) is 5.40. The number of anilines is 2. The van der Waals surface area contributed by atoms with E-state index in [9.17, 15) is 9.59 Å². The SMILES string of the molecule is COc1ccc(OC)c(NC(=O)C(Sc2ccc(NC(=O)Cc3ccccc3)cc2)c2ccccc2)c1. The minimum Gasteiger partial charge on any atom is -0.497 e. The third-order valence-electron chi connectivity index (χ3n) is 5.60. The van der Waals surface area contributed by atoms with Gasteiger partial charge in [0.15, 0.2) is 0 Å². The van der Waals surface area contributed by atoms with Crippen LogP contribution in [0.1, 0.15) is 16.4 Å². The van der Waals surface area contributed by atoms with Crippen LogP contribution < -0.4 is 20.1 Å². The van der Waals surface area contributed by atoms with Gasteiger partial charge in [0.25, 0.3) is 0 Å². The van der Waals surface area contributed by atoms with E-state index in [1.54, 1.807) is 32.4 Å². The Morgan fingerprint density at radius 2 is 1.46 bits per heavy atom. The monoisotopic (exact) mass is 512 g/mol. The predicted molar refractivity (Wildman–Crippen MR) is 148 cm³/mol. The molecule has 0 aromatic heterocycles. The summed E-state index contributed by atoms with van der Waals surface area (Å²) in [5.41, 5.74) is 3.06. The van der Waals surface area contributed by atoms with Crippen LogP contribution in [0.25, 0.3) is 0 Å². The largest absolute Gasteiger partial charge is 0.497 e. The number of rotatable bonds is 10. The fraction of sp³-hybridized carbons (Fsp3) is 0.133. The standard InChI is InChI=1S/C30H28N2O4S/c1-35-24-15-18-27(36-2)26(20-24)32-30(34)29(22-11-7-4-8-12-22)37-25-16-13-23(14-17-25)31-28(33)19-21-9-5-3-6-10-21/h3-18,20,29H,19H2,1-2H3,(H,31,33)(H,32,34). The molecule has 188 valence electrons. The first-order valence-corrected chi connectivity index (χ1v) is 12.6. The molecule has 37 heavy (non-hydrogen) atoms. The van der Waals surface area contributed by atoms with Crippen molar-refractivity contribution in [2.45, 2.75) is 16.6 Å². The predicted octanol–water partition coefficient (Wildman–Crippen LogP) is 6.36. The lowest BCUT2D eigenvalue weighted by Crippen LogP contribution is -2.19. The molecule has 2 amide bonds. The molecule has 0 fully saturated rings. The molecule has 0 saturated heterocycles. The summed E-state index contributed by atoms with van der Waals surface area (Å²) < 4.78 is 10.7. The number of nitrogens with one attached hydrogen (secondary N) is 2. The lowest BCUT2D eigenvalue weighted by atomic mass is 10.1. The van der Waals surface area contributed by atoms with Crippen molar-refractivity contribution in [2.24, 2.45) is 0 Å². The van der Waals surface area contributed by atoms with E-state index >= 15 is 0 Å². The summed E-state index contributed by atoms with van der Waals surface area (Å²) in [6.07, 6.45) is 0.307. The fourth-order valence-electron chi connectivity index (χ4n) is 3.75. The fourth-order valence-corrected chi connectivity index (χ4v) is 4.77. The highest BCUT2D eigenvalue weighted by molar-refractivity contribution is 8.00. The average molecular weight is 513 g/mol. The van der Waals surface area contributed by atoms with Gasteiger partial charge in [-0.05, 0) is 47.5 Å². The summed E-state index contributed by atoms with van der Waals surface area (Å²) >= 11 is 1.43. The van der Waals surface area contributed by atoms with Gasteiger partial charge in [0.05, 0.1) is 26.3 Å². The molecule has 0 aliphatic heterocycles. The molecular weight excluding hydrogens is 484 g/mol. The summed E-state index contributed by atoms with van der Waals surface area (Å²) in [6.45, 7) is 0. The Hall–Kier alpha value is -4.23. The number of hydrogen-bond donors (Lipinski definition) is 2. The van der Waals surface area contributed by atoms with Gasteiger partial charge in [0.1, 0.15) is 16.7 Å². The number of thioether (sulfide) groups is 1. The topological polar surface area (TPSA) is 76.7 Å². The Morgan fingerprint density at radius 3 is 2.11 bits per heavy atom. The van der Waals surface area contributed by atoms with Gasteiger partial charge in [0.2, 0.25) is 11.8 Å². The number of ether oxygens (including phenoxy) is 2. The zero-order valence-electron chi connectivity index (χ0n) is 20.6. The number of amides is 2. The van der Waals surface area contributed by atoms with E-state index in [-0.39, 0.29) is 11.8 Å². The Kier molecular flexibility index (Phi) is 8.84. The van der Waals surface area contributed by atoms with Gasteiger partial charge >= 0.3 is 0 Å². The van der Waals surface area contributed by atoms with Gasteiger partial charge in [-0.25, -0.2) is 0 Å². The molecule has 0 spiro atoms. The van der Waals surface area contributed by atoms with E-state index in [1.165, 1.54) is 11.8 Å². The van der Waals surface area contributed by atoms with Crippen molar-refractivity contribution in [1.82, 2.24) is 0 Å². The molecule has 1 atom stereocenters. The molecule has 4 rings (SSSR count). The van der Waals surface area contributed by atoms with Crippen LogP contribution in [-0.2, 0) is 16.0 Å². The smallest absolute Gasteiger partial charge is 0.242 e. The van der Waals surface area contributed by atoms with Crippen LogP contribution in [0, 0.1) is 0 Å². The normalized spacial score (nSPS) is 11.3. The Morgan fingerprint density at radius 1 is 0.784 bits per heavy atom. The van der Waals surface area contributed by atoms with Crippen molar-refractivity contribution < 1.29 is 19.1 Å². The van der Waals surface area contributed by atoms with Crippen molar-refractivity contribution in [2.75, 3.05) is 24.9 Å². The zero-order chi connectivity index (χ0) is 26.0. The molecule has 0 heterocycles. The van der Waals surface area contributed by atoms with Crippen LogP contribution in [0.5, 0.6) is 11.5 Å². The van der Waals surface area contributed by atoms with E-state index in [4.69, 9.17) is 9.47 Å². The minimum absolute atomic E-state index is 0.0830. The highest BCUT2D eigenvalue weighted by Crippen LogP contribution is 2.38. The van der Waals surface area contributed by atoms with E-state index in [0.29, 0.717) is 29.3 Å². The Bertz CT molecular complexity index is 1330. The van der Waals surface area contributed by atoms with Gasteiger partial charge < -0.3 is 20.1 Å². The summed E-state index contributed by atoms with van der Waals surface area (Å²) in [7, 11) is 3.13. The molecule has 0 bridgehead atoms. The summed E-state index contributed by atoms with van der Waals surface area (Å²) in [6, 6.07) is 32.0. The summed E-state index contributed by atoms with van der Waals surface area (Å²) in [5.74, 6) is 0.884. The first kappa shape index (κ1) is 25.9. The van der Waals surface area contributed by atoms with Gasteiger partial charge in [0, 0.05) is 16.6 Å². The van der Waals surface area contributed by atoms with E-state index in [1.807, 2.05) is 84.9 Å². The van der Waals surface area contributed by atoms with Crippen molar-refractivity contribution in [3.63, 3.8) is 0 Å². The second-order valence-electron chi connectivity index (χ2n) is 8.20. The molecule has 2 N–H and O–H groups in total. The third-order valence-corrected chi connectivity index (χ3v) is 6.87. The molecule has 1 unspecified atom stereocenters. The highest BCUT2D eigenvalue weighted by Gasteiger charge is 2.23. The molecular formula is C30H28N2O4S. The van der Waals surface area contributed by atoms with Gasteiger partial charge in [-0.1, -0.05) is 60.7 Å². The van der Waals surface area contributed by atoms with Gasteiger partial charge in [-0.3, -0.25) is 9.59 Å². The van der Waals surface area contributed by atoms with E-state index in [0.717, 1.165) is 16.0 Å². The lowest BCUT2D eigenvalue weighted by molar-refractivity contribution is -0.116. The third kappa shape index (κ3) is 7.15. The van der Waals surface area contributed by atoms with Crippen molar-refractivity contribution in [1.29, 1.82) is 0 Å². The number of methoxy groups -OCH3 is 2. The van der Waals surface area contributed by atoms with Crippen molar-refractivity contribution in [3.05, 3.63) is 114 Å². The first-order chi connectivity index (χ1) is 18.1. The molecule has 6 nitrogen and oxygen atoms in total. The molecule has 0 aliphatic carbocycles. The Labute approximate surface area is 221 Å². The molecule has 0 radical (unpaired) electrons. The van der Waals surface area contributed by atoms with E-state index < -0.39 is 5.25 Å². The lowest BCUT2D eigenvalue weighted by Gasteiger charge is -2.19. The molecule has 0 saturated carbocycles. The van der Waals surface area contributed by atoms with Crippen LogP contribution in [0.2, 0.25) is 0 Å². The summed E-state index contributed by atoms with van der Waals surface area (Å²) in [4.78, 5) is 26.8. The quantitative estimate of drug-likeness (QED) is 0.242. The molecule has 4 aromatic rings. The van der Waals surface area contributed by atoms with Crippen LogP contribution in [-0.4, -0.2) is 26.0 Å². The van der Waals surface area contributed by atoms with Crippen LogP contribution in [0.4, 0.5) is 11.4 Å². The second kappa shape index (κ2) is 12.6. The van der Waals surface area contributed by atoms with Gasteiger partial charge in [-0.2, -0.15) is 0 Å². The maximum absolute atomic E-state index is 13.5. The first-order valence-electron chi connectivity index (χ1n) is 11.7. The minimum atomic E-state index is -0.518. The number of carbonyl (C=O) groups excluding carboxylic acids is 2.